The molecule has 2 fully saturated rings. The molecule has 0 radical (unpaired) electrons. The molecule has 1 heterocycles. The van der Waals surface area contributed by atoms with Crippen LogP contribution in [0.2, 0.25) is 0 Å². The van der Waals surface area contributed by atoms with Crippen molar-refractivity contribution in [2.45, 2.75) is 44.3 Å². The molecule has 1 aromatic carbocycles. The van der Waals surface area contributed by atoms with Gasteiger partial charge in [0.2, 0.25) is 5.91 Å². The number of halogens is 3. The number of hydrogen-bond acceptors (Lipinski definition) is 6. The minimum atomic E-state index is -4.59. The second-order valence-corrected chi connectivity index (χ2v) is 8.56. The SMILES string of the molecule is CN(C(=O)C=CC(=O)OCC(=O)Nc1cc(C(F)(F)F)ccc1N1CCOCC1)C1CCCCC1. The van der Waals surface area contributed by atoms with E-state index in [1.54, 1.807) is 11.9 Å². The van der Waals surface area contributed by atoms with Crippen molar-refractivity contribution in [3.05, 3.63) is 35.9 Å². The molecule has 1 aliphatic heterocycles. The Morgan fingerprint density at radius 3 is 2.49 bits per heavy atom. The van der Waals surface area contributed by atoms with Gasteiger partial charge >= 0.3 is 12.1 Å². The van der Waals surface area contributed by atoms with Crippen molar-refractivity contribution < 1.29 is 37.0 Å². The molecule has 1 N–H and O–H groups in total. The van der Waals surface area contributed by atoms with E-state index in [-0.39, 0.29) is 17.6 Å². The van der Waals surface area contributed by atoms with Gasteiger partial charge in [0.25, 0.3) is 5.91 Å². The van der Waals surface area contributed by atoms with E-state index in [9.17, 15) is 27.6 Å². The number of anilines is 2. The van der Waals surface area contributed by atoms with Crippen molar-refractivity contribution in [2.24, 2.45) is 0 Å². The summed E-state index contributed by atoms with van der Waals surface area (Å²) in [6.07, 6.45) is 2.56. The summed E-state index contributed by atoms with van der Waals surface area (Å²) in [6, 6.07) is 3.24. The summed E-state index contributed by atoms with van der Waals surface area (Å²) in [6.45, 7) is 1.02. The summed E-state index contributed by atoms with van der Waals surface area (Å²) in [5.41, 5.74) is -0.537. The maximum Gasteiger partial charge on any atom is 0.416 e. The molecule has 1 aliphatic carbocycles. The zero-order valence-electron chi connectivity index (χ0n) is 19.6. The summed E-state index contributed by atoms with van der Waals surface area (Å²) < 4.78 is 49.8. The summed E-state index contributed by atoms with van der Waals surface area (Å²) in [4.78, 5) is 40.0. The van der Waals surface area contributed by atoms with Gasteiger partial charge in [0.15, 0.2) is 6.61 Å². The fraction of sp³-hybridized carbons (Fsp3) is 0.542. The van der Waals surface area contributed by atoms with E-state index < -0.39 is 30.2 Å². The third-order valence-corrected chi connectivity index (χ3v) is 6.13. The Morgan fingerprint density at radius 2 is 1.83 bits per heavy atom. The molecule has 8 nitrogen and oxygen atoms in total. The normalized spacial score (nSPS) is 17.3. The smallest absolute Gasteiger partial charge is 0.416 e. The lowest BCUT2D eigenvalue weighted by molar-refractivity contribution is -0.142. The van der Waals surface area contributed by atoms with Crippen LogP contribution < -0.4 is 10.2 Å². The van der Waals surface area contributed by atoms with E-state index in [0.717, 1.165) is 56.4 Å². The number of carbonyl (C=O) groups excluding carboxylic acids is 3. The average Bonchev–Trinajstić information content (AvgIpc) is 2.86. The van der Waals surface area contributed by atoms with E-state index in [4.69, 9.17) is 9.47 Å². The van der Waals surface area contributed by atoms with Gasteiger partial charge in [-0.1, -0.05) is 19.3 Å². The first-order valence-corrected chi connectivity index (χ1v) is 11.6. The van der Waals surface area contributed by atoms with E-state index in [1.807, 2.05) is 4.90 Å². The molecular weight excluding hydrogens is 467 g/mol. The van der Waals surface area contributed by atoms with Crippen LogP contribution in [0.15, 0.2) is 30.4 Å². The van der Waals surface area contributed by atoms with Crippen LogP contribution in [-0.4, -0.2) is 68.7 Å². The molecule has 0 aromatic heterocycles. The fourth-order valence-corrected chi connectivity index (χ4v) is 4.17. The molecule has 0 bridgehead atoms. The maximum atomic E-state index is 13.2. The van der Waals surface area contributed by atoms with Crippen LogP contribution in [0.3, 0.4) is 0 Å². The van der Waals surface area contributed by atoms with Crippen molar-refractivity contribution in [1.29, 1.82) is 0 Å². The van der Waals surface area contributed by atoms with Gasteiger partial charge in [-0.2, -0.15) is 13.2 Å². The molecule has 192 valence electrons. The van der Waals surface area contributed by atoms with Gasteiger partial charge in [0, 0.05) is 38.3 Å². The number of esters is 1. The van der Waals surface area contributed by atoms with Crippen LogP contribution >= 0.6 is 0 Å². The van der Waals surface area contributed by atoms with Crippen molar-refractivity contribution in [2.75, 3.05) is 50.2 Å². The Labute approximate surface area is 202 Å². The van der Waals surface area contributed by atoms with E-state index in [1.165, 1.54) is 6.07 Å². The highest BCUT2D eigenvalue weighted by Gasteiger charge is 2.32. The average molecular weight is 498 g/mol. The van der Waals surface area contributed by atoms with Gasteiger partial charge < -0.3 is 24.6 Å². The first kappa shape index (κ1) is 26.5. The van der Waals surface area contributed by atoms with Crippen LogP contribution in [0.1, 0.15) is 37.7 Å². The van der Waals surface area contributed by atoms with Gasteiger partial charge in [-0.3, -0.25) is 9.59 Å². The second-order valence-electron chi connectivity index (χ2n) is 8.56. The predicted octanol–water partition coefficient (Wildman–Crippen LogP) is 3.37. The van der Waals surface area contributed by atoms with Crippen molar-refractivity contribution in [3.63, 3.8) is 0 Å². The van der Waals surface area contributed by atoms with Crippen molar-refractivity contribution >= 4 is 29.2 Å². The van der Waals surface area contributed by atoms with Crippen molar-refractivity contribution in [1.82, 2.24) is 4.90 Å². The topological polar surface area (TPSA) is 88.2 Å². The Balaban J connectivity index is 1.57. The molecule has 0 atom stereocenters. The van der Waals surface area contributed by atoms with E-state index >= 15 is 0 Å². The number of alkyl halides is 3. The molecule has 1 saturated carbocycles. The monoisotopic (exact) mass is 497 g/mol. The quantitative estimate of drug-likeness (QED) is 0.459. The largest absolute Gasteiger partial charge is 0.452 e. The Kier molecular flexibility index (Phi) is 9.13. The molecule has 3 rings (SSSR count). The van der Waals surface area contributed by atoms with E-state index in [2.05, 4.69) is 5.32 Å². The summed E-state index contributed by atoms with van der Waals surface area (Å²) >= 11 is 0. The highest BCUT2D eigenvalue weighted by molar-refractivity contribution is 5.98. The second kappa shape index (κ2) is 12.1. The molecule has 1 aromatic rings. The van der Waals surface area contributed by atoms with Gasteiger partial charge in [0.1, 0.15) is 0 Å². The molecule has 1 saturated heterocycles. The highest BCUT2D eigenvalue weighted by atomic mass is 19.4. The number of ether oxygens (including phenoxy) is 2. The minimum absolute atomic E-state index is 0.0393. The number of amides is 2. The molecule has 2 aliphatic rings. The van der Waals surface area contributed by atoms with Crippen LogP contribution in [0.4, 0.5) is 24.5 Å². The number of hydrogen-bond donors (Lipinski definition) is 1. The van der Waals surface area contributed by atoms with Gasteiger partial charge in [-0.05, 0) is 31.0 Å². The molecule has 35 heavy (non-hydrogen) atoms. The number of benzene rings is 1. The number of rotatable bonds is 7. The molecule has 2 amide bonds. The predicted molar refractivity (Wildman–Crippen MR) is 123 cm³/mol. The number of morpholine rings is 1. The first-order valence-electron chi connectivity index (χ1n) is 11.6. The lowest BCUT2D eigenvalue weighted by Crippen LogP contribution is -2.37. The first-order chi connectivity index (χ1) is 16.6. The Hall–Kier alpha value is -3.08. The third-order valence-electron chi connectivity index (χ3n) is 6.13. The maximum absolute atomic E-state index is 13.2. The zero-order chi connectivity index (χ0) is 25.4. The van der Waals surface area contributed by atoms with Crippen LogP contribution in [-0.2, 0) is 30.0 Å². The van der Waals surface area contributed by atoms with Crippen LogP contribution in [0, 0.1) is 0 Å². The lowest BCUT2D eigenvalue weighted by Gasteiger charge is -2.31. The van der Waals surface area contributed by atoms with Crippen LogP contribution in [0.25, 0.3) is 0 Å². The molecule has 0 spiro atoms. The third kappa shape index (κ3) is 7.71. The standard InChI is InChI=1S/C24H30F3N3O5/c1-29(18-5-3-2-4-6-18)22(32)9-10-23(33)35-16-21(31)28-19-15-17(24(25,26)27)7-8-20(19)30-11-13-34-14-12-30/h7-10,15,18H,2-6,11-14,16H2,1H3,(H,28,31). The van der Waals surface area contributed by atoms with E-state index in [0.29, 0.717) is 32.0 Å². The lowest BCUT2D eigenvalue weighted by atomic mass is 9.94. The minimum Gasteiger partial charge on any atom is -0.452 e. The summed E-state index contributed by atoms with van der Waals surface area (Å²) in [5.74, 6) is -2.04. The van der Waals surface area contributed by atoms with Gasteiger partial charge in [-0.25, -0.2) is 4.79 Å². The Bertz CT molecular complexity index is 939. The summed E-state index contributed by atoms with van der Waals surface area (Å²) in [7, 11) is 1.68. The number of carbonyl (C=O) groups is 3. The Morgan fingerprint density at radius 1 is 1.14 bits per heavy atom. The highest BCUT2D eigenvalue weighted by Crippen LogP contribution is 2.35. The number of nitrogens with one attached hydrogen (secondary N) is 1. The number of nitrogens with zero attached hydrogens (tertiary/aromatic N) is 2. The molecule has 0 unspecified atom stereocenters. The van der Waals surface area contributed by atoms with Crippen molar-refractivity contribution in [3.8, 4) is 0 Å². The van der Waals surface area contributed by atoms with Gasteiger partial charge in [-0.15, -0.1) is 0 Å². The fourth-order valence-electron chi connectivity index (χ4n) is 4.17. The van der Waals surface area contributed by atoms with Crippen LogP contribution in [0.5, 0.6) is 0 Å². The zero-order valence-corrected chi connectivity index (χ0v) is 19.6. The number of likely N-dealkylation sites (N-methyl/N-ethyl adjacent to an activating group) is 1. The van der Waals surface area contributed by atoms with Gasteiger partial charge in [0.05, 0.1) is 30.2 Å². The molecule has 11 heteroatoms. The summed E-state index contributed by atoms with van der Waals surface area (Å²) in [5, 5.41) is 2.40. The molecular formula is C24H30F3N3O5.